The van der Waals surface area contributed by atoms with E-state index in [0.29, 0.717) is 17.2 Å². The molecule has 2 saturated heterocycles. The number of halogens is 1. The van der Waals surface area contributed by atoms with E-state index in [1.165, 1.54) is 36.8 Å². The zero-order valence-corrected chi connectivity index (χ0v) is 18.6. The predicted molar refractivity (Wildman–Crippen MR) is 125 cm³/mol. The van der Waals surface area contributed by atoms with Gasteiger partial charge < -0.3 is 20.1 Å². The number of anilines is 2. The number of ether oxygens (including phenoxy) is 1. The highest BCUT2D eigenvalue weighted by Gasteiger charge is 2.23. The standard InChI is InChI=1S/C25H30FN3O4/c26-21-4-1-19(2-5-21)24(30)27-22-17-20(25(31)32)3-6-23(22)29-11-8-18(9-12-29)7-10-28-13-15-33-16-14-28/h1-6,17-18H,7-16H2,(H,27,30)(H,31,32). The van der Waals surface area contributed by atoms with Crippen molar-refractivity contribution in [3.8, 4) is 0 Å². The van der Waals surface area contributed by atoms with Gasteiger partial charge in [-0.3, -0.25) is 9.69 Å². The Bertz CT molecular complexity index is 968. The molecule has 7 nitrogen and oxygen atoms in total. The van der Waals surface area contributed by atoms with Gasteiger partial charge in [0, 0.05) is 31.7 Å². The summed E-state index contributed by atoms with van der Waals surface area (Å²) in [6.45, 7) is 6.44. The molecule has 2 aromatic carbocycles. The fourth-order valence-corrected chi connectivity index (χ4v) is 4.49. The van der Waals surface area contributed by atoms with Gasteiger partial charge in [-0.1, -0.05) is 0 Å². The third kappa shape index (κ3) is 6.09. The number of nitrogens with one attached hydrogen (secondary N) is 1. The van der Waals surface area contributed by atoms with Gasteiger partial charge in [0.2, 0.25) is 0 Å². The summed E-state index contributed by atoms with van der Waals surface area (Å²) in [6.07, 6.45) is 3.27. The number of benzene rings is 2. The number of nitrogens with zero attached hydrogens (tertiary/aromatic N) is 2. The molecule has 0 unspecified atom stereocenters. The molecule has 0 aliphatic carbocycles. The van der Waals surface area contributed by atoms with Crippen molar-refractivity contribution in [2.75, 3.05) is 56.2 Å². The number of hydrogen-bond donors (Lipinski definition) is 2. The van der Waals surface area contributed by atoms with Crippen LogP contribution in [0, 0.1) is 11.7 Å². The molecule has 0 spiro atoms. The van der Waals surface area contributed by atoms with Crippen molar-refractivity contribution in [1.29, 1.82) is 0 Å². The fourth-order valence-electron chi connectivity index (χ4n) is 4.49. The highest BCUT2D eigenvalue weighted by Crippen LogP contribution is 2.32. The van der Waals surface area contributed by atoms with Gasteiger partial charge in [-0.25, -0.2) is 9.18 Å². The summed E-state index contributed by atoms with van der Waals surface area (Å²) < 4.78 is 18.6. The Kier molecular flexibility index (Phi) is 7.57. The van der Waals surface area contributed by atoms with Crippen LogP contribution >= 0.6 is 0 Å². The summed E-state index contributed by atoms with van der Waals surface area (Å²) >= 11 is 0. The number of rotatable bonds is 7. The maximum absolute atomic E-state index is 13.2. The fraction of sp³-hybridized carbons (Fsp3) is 0.440. The third-order valence-corrected chi connectivity index (χ3v) is 6.51. The Labute approximate surface area is 193 Å². The molecule has 8 heteroatoms. The first-order chi connectivity index (χ1) is 16.0. The van der Waals surface area contributed by atoms with Crippen LogP contribution in [0.3, 0.4) is 0 Å². The number of carbonyl (C=O) groups excluding carboxylic acids is 1. The highest BCUT2D eigenvalue weighted by molar-refractivity contribution is 6.06. The summed E-state index contributed by atoms with van der Waals surface area (Å²) in [5.74, 6) is -1.23. The van der Waals surface area contributed by atoms with Crippen molar-refractivity contribution in [2.24, 2.45) is 5.92 Å². The summed E-state index contributed by atoms with van der Waals surface area (Å²) in [4.78, 5) is 28.9. The molecular formula is C25H30FN3O4. The van der Waals surface area contributed by atoms with Crippen molar-refractivity contribution in [1.82, 2.24) is 4.90 Å². The average molecular weight is 456 g/mol. The van der Waals surface area contributed by atoms with E-state index >= 15 is 0 Å². The largest absolute Gasteiger partial charge is 0.478 e. The van der Waals surface area contributed by atoms with Crippen LogP contribution in [-0.2, 0) is 4.74 Å². The Hall–Kier alpha value is -2.97. The Morgan fingerprint density at radius 3 is 2.33 bits per heavy atom. The lowest BCUT2D eigenvalue weighted by molar-refractivity contribution is 0.0349. The van der Waals surface area contributed by atoms with Crippen molar-refractivity contribution in [3.63, 3.8) is 0 Å². The SMILES string of the molecule is O=C(O)c1ccc(N2CCC(CCN3CCOCC3)CC2)c(NC(=O)c2ccc(F)cc2)c1. The number of aromatic carboxylic acids is 1. The van der Waals surface area contributed by atoms with Crippen molar-refractivity contribution >= 4 is 23.3 Å². The molecule has 2 aromatic rings. The van der Waals surface area contributed by atoms with Crippen LogP contribution in [-0.4, -0.2) is 67.8 Å². The van der Waals surface area contributed by atoms with E-state index in [9.17, 15) is 19.1 Å². The molecule has 1 amide bonds. The molecule has 0 bridgehead atoms. The first-order valence-electron chi connectivity index (χ1n) is 11.5. The monoisotopic (exact) mass is 455 g/mol. The van der Waals surface area contributed by atoms with Gasteiger partial charge in [-0.15, -0.1) is 0 Å². The van der Waals surface area contributed by atoms with Gasteiger partial charge >= 0.3 is 5.97 Å². The number of carboxylic acid groups (broad SMARTS) is 1. The molecule has 2 N–H and O–H groups in total. The average Bonchev–Trinajstić information content (AvgIpc) is 2.84. The van der Waals surface area contributed by atoms with Crippen LogP contribution in [0.25, 0.3) is 0 Å². The van der Waals surface area contributed by atoms with Crippen LogP contribution in [0.4, 0.5) is 15.8 Å². The third-order valence-electron chi connectivity index (χ3n) is 6.51. The Morgan fingerprint density at radius 1 is 1.00 bits per heavy atom. The minimum Gasteiger partial charge on any atom is -0.478 e. The zero-order chi connectivity index (χ0) is 23.2. The van der Waals surface area contributed by atoms with Crippen LogP contribution in [0.5, 0.6) is 0 Å². The number of amides is 1. The molecule has 176 valence electrons. The second-order valence-electron chi connectivity index (χ2n) is 8.67. The number of carboxylic acids is 1. The molecule has 0 atom stereocenters. The van der Waals surface area contributed by atoms with E-state index in [2.05, 4.69) is 15.1 Å². The minimum atomic E-state index is -1.05. The first-order valence-corrected chi connectivity index (χ1v) is 11.5. The van der Waals surface area contributed by atoms with Crippen molar-refractivity contribution in [2.45, 2.75) is 19.3 Å². The first kappa shape index (κ1) is 23.2. The molecule has 33 heavy (non-hydrogen) atoms. The smallest absolute Gasteiger partial charge is 0.335 e. The van der Waals surface area contributed by atoms with Gasteiger partial charge in [0.25, 0.3) is 5.91 Å². The van der Waals surface area contributed by atoms with Crippen molar-refractivity contribution < 1.29 is 23.8 Å². The lowest BCUT2D eigenvalue weighted by atomic mass is 9.92. The lowest BCUT2D eigenvalue weighted by Crippen LogP contribution is -2.39. The lowest BCUT2D eigenvalue weighted by Gasteiger charge is -2.36. The molecule has 2 heterocycles. The van der Waals surface area contributed by atoms with Crippen LogP contribution in [0.2, 0.25) is 0 Å². The Balaban J connectivity index is 1.42. The number of piperidine rings is 1. The molecule has 2 aliphatic heterocycles. The summed E-state index contributed by atoms with van der Waals surface area (Å²) in [6, 6.07) is 10.1. The minimum absolute atomic E-state index is 0.105. The van der Waals surface area contributed by atoms with Crippen LogP contribution in [0.1, 0.15) is 40.0 Å². The molecule has 0 saturated carbocycles. The van der Waals surface area contributed by atoms with Crippen molar-refractivity contribution in [3.05, 3.63) is 59.4 Å². The molecule has 0 radical (unpaired) electrons. The predicted octanol–water partition coefficient (Wildman–Crippen LogP) is 3.71. The van der Waals surface area contributed by atoms with Gasteiger partial charge in [0.1, 0.15) is 5.82 Å². The topological polar surface area (TPSA) is 82.1 Å². The van der Waals surface area contributed by atoms with E-state index in [-0.39, 0.29) is 5.56 Å². The van der Waals surface area contributed by atoms with Gasteiger partial charge in [-0.05, 0) is 74.2 Å². The summed E-state index contributed by atoms with van der Waals surface area (Å²) in [5.41, 5.74) is 1.68. The quantitative estimate of drug-likeness (QED) is 0.662. The van der Waals surface area contributed by atoms with E-state index in [4.69, 9.17) is 4.74 Å². The van der Waals surface area contributed by atoms with Crippen LogP contribution < -0.4 is 10.2 Å². The van der Waals surface area contributed by atoms with E-state index in [1.807, 2.05) is 0 Å². The van der Waals surface area contributed by atoms with Gasteiger partial charge in [-0.2, -0.15) is 0 Å². The maximum Gasteiger partial charge on any atom is 0.335 e. The summed E-state index contributed by atoms with van der Waals surface area (Å²) in [5, 5.41) is 12.2. The molecular weight excluding hydrogens is 425 g/mol. The second kappa shape index (κ2) is 10.8. The molecule has 0 aromatic heterocycles. The second-order valence-corrected chi connectivity index (χ2v) is 8.67. The van der Waals surface area contributed by atoms with Gasteiger partial charge in [0.05, 0.1) is 30.2 Å². The summed E-state index contributed by atoms with van der Waals surface area (Å²) in [7, 11) is 0. The maximum atomic E-state index is 13.2. The number of morpholine rings is 1. The molecule has 2 fully saturated rings. The number of hydrogen-bond acceptors (Lipinski definition) is 5. The Morgan fingerprint density at radius 2 is 1.67 bits per heavy atom. The van der Waals surface area contributed by atoms with E-state index in [0.717, 1.165) is 64.5 Å². The van der Waals surface area contributed by atoms with E-state index < -0.39 is 17.7 Å². The van der Waals surface area contributed by atoms with Crippen LogP contribution in [0.15, 0.2) is 42.5 Å². The normalized spacial score (nSPS) is 17.7. The highest BCUT2D eigenvalue weighted by atomic mass is 19.1. The van der Waals surface area contributed by atoms with Gasteiger partial charge in [0.15, 0.2) is 0 Å². The zero-order valence-electron chi connectivity index (χ0n) is 18.6. The molecule has 4 rings (SSSR count). The molecule has 2 aliphatic rings. The van der Waals surface area contributed by atoms with E-state index in [1.54, 1.807) is 12.1 Å². The number of carbonyl (C=O) groups is 2.